The summed E-state index contributed by atoms with van der Waals surface area (Å²) >= 11 is 1.29. The lowest BCUT2D eigenvalue weighted by molar-refractivity contribution is -0.119. The number of hydrogen-bond donors (Lipinski definition) is 1. The van der Waals surface area contributed by atoms with Gasteiger partial charge in [0.25, 0.3) is 5.56 Å². The molecule has 1 unspecified atom stereocenters. The van der Waals surface area contributed by atoms with Gasteiger partial charge in [-0.15, -0.1) is 0 Å². The fraction of sp³-hybridized carbons (Fsp3) is 0.348. The Kier molecular flexibility index (Phi) is 6.75. The topological polar surface area (TPSA) is 64.0 Å². The molecule has 3 aromatic rings. The van der Waals surface area contributed by atoms with Gasteiger partial charge in [0.1, 0.15) is 0 Å². The first-order valence-corrected chi connectivity index (χ1v) is 10.9. The van der Waals surface area contributed by atoms with E-state index in [0.29, 0.717) is 16.1 Å². The molecule has 2 aromatic carbocycles. The van der Waals surface area contributed by atoms with E-state index in [2.05, 4.69) is 18.3 Å². The Morgan fingerprint density at radius 2 is 1.86 bits per heavy atom. The number of aryl methyl sites for hydroxylation is 2. The minimum atomic E-state index is -0.122. The van der Waals surface area contributed by atoms with E-state index in [9.17, 15) is 9.59 Å². The third kappa shape index (κ3) is 5.07. The minimum Gasteiger partial charge on any atom is -0.353 e. The molecule has 1 aromatic heterocycles. The van der Waals surface area contributed by atoms with Crippen LogP contribution < -0.4 is 10.9 Å². The molecule has 0 saturated carbocycles. The third-order valence-electron chi connectivity index (χ3n) is 4.67. The van der Waals surface area contributed by atoms with Crippen LogP contribution in [0.2, 0.25) is 0 Å². The molecule has 1 amide bonds. The van der Waals surface area contributed by atoms with E-state index < -0.39 is 0 Å². The van der Waals surface area contributed by atoms with E-state index >= 15 is 0 Å². The number of para-hydroxylation sites is 1. The molecule has 0 radical (unpaired) electrons. The number of thioether (sulfide) groups is 1. The molecule has 0 fully saturated rings. The van der Waals surface area contributed by atoms with Crippen LogP contribution in [0.5, 0.6) is 0 Å². The molecular formula is C23H27N3O2S. The molecule has 0 aliphatic carbocycles. The molecule has 152 valence electrons. The van der Waals surface area contributed by atoms with Crippen molar-refractivity contribution in [1.82, 2.24) is 14.9 Å². The Labute approximate surface area is 175 Å². The van der Waals surface area contributed by atoms with Crippen molar-refractivity contribution >= 4 is 28.6 Å². The first kappa shape index (κ1) is 21.1. The van der Waals surface area contributed by atoms with Crippen molar-refractivity contribution in [2.75, 3.05) is 5.75 Å². The van der Waals surface area contributed by atoms with Crippen LogP contribution in [0.3, 0.4) is 0 Å². The molecule has 3 rings (SSSR count). The number of nitrogens with zero attached hydrogens (tertiary/aromatic N) is 2. The molecule has 0 aliphatic rings. The molecule has 6 heteroatoms. The number of amides is 1. The van der Waals surface area contributed by atoms with Crippen molar-refractivity contribution < 1.29 is 4.79 Å². The monoisotopic (exact) mass is 409 g/mol. The van der Waals surface area contributed by atoms with Crippen molar-refractivity contribution in [3.63, 3.8) is 0 Å². The van der Waals surface area contributed by atoms with Crippen LogP contribution in [0.4, 0.5) is 0 Å². The zero-order valence-electron chi connectivity index (χ0n) is 17.4. The number of carbonyl (C=O) groups is 1. The maximum atomic E-state index is 13.3. The second-order valence-corrected chi connectivity index (χ2v) is 8.39. The number of carbonyl (C=O) groups excluding carboxylic acids is 1. The van der Waals surface area contributed by atoms with Gasteiger partial charge in [-0.05, 0) is 62.6 Å². The molecule has 5 nitrogen and oxygen atoms in total. The summed E-state index contributed by atoms with van der Waals surface area (Å²) in [5.74, 6) is 0.161. The van der Waals surface area contributed by atoms with Gasteiger partial charge in [-0.3, -0.25) is 14.2 Å². The van der Waals surface area contributed by atoms with E-state index in [4.69, 9.17) is 4.98 Å². The highest BCUT2D eigenvalue weighted by atomic mass is 32.2. The van der Waals surface area contributed by atoms with Gasteiger partial charge in [-0.25, -0.2) is 4.98 Å². The van der Waals surface area contributed by atoms with Crippen molar-refractivity contribution in [2.24, 2.45) is 0 Å². The standard InChI is InChI=1S/C23H27N3O2S/c1-5-8-17(4)24-21(27)14-29-23-25-20-10-7-6-9-19(20)22(28)26(23)18-12-15(2)11-16(3)13-18/h6-7,9-13,17H,5,8,14H2,1-4H3,(H,24,27). The van der Waals surface area contributed by atoms with Crippen LogP contribution in [0.15, 0.2) is 52.4 Å². The van der Waals surface area contributed by atoms with Crippen LogP contribution in [-0.4, -0.2) is 27.3 Å². The van der Waals surface area contributed by atoms with E-state index in [1.165, 1.54) is 11.8 Å². The maximum Gasteiger partial charge on any atom is 0.266 e. The first-order valence-electron chi connectivity index (χ1n) is 9.91. The van der Waals surface area contributed by atoms with E-state index in [1.807, 2.05) is 51.1 Å². The molecule has 0 saturated heterocycles. The lowest BCUT2D eigenvalue weighted by atomic mass is 10.1. The molecule has 0 spiro atoms. The summed E-state index contributed by atoms with van der Waals surface area (Å²) in [6.45, 7) is 8.11. The number of fused-ring (bicyclic) bond motifs is 1. The van der Waals surface area contributed by atoms with Gasteiger partial charge in [-0.2, -0.15) is 0 Å². The second kappa shape index (κ2) is 9.27. The maximum absolute atomic E-state index is 13.3. The van der Waals surface area contributed by atoms with Crippen LogP contribution >= 0.6 is 11.8 Å². The van der Waals surface area contributed by atoms with Gasteiger partial charge < -0.3 is 5.32 Å². The van der Waals surface area contributed by atoms with Gasteiger partial charge in [0.15, 0.2) is 5.16 Å². The average Bonchev–Trinajstić information content (AvgIpc) is 2.66. The van der Waals surface area contributed by atoms with Crippen LogP contribution in [-0.2, 0) is 4.79 Å². The molecule has 0 aliphatic heterocycles. The minimum absolute atomic E-state index is 0.0506. The summed E-state index contributed by atoms with van der Waals surface area (Å²) in [7, 11) is 0. The number of rotatable bonds is 7. The van der Waals surface area contributed by atoms with Gasteiger partial charge in [0, 0.05) is 6.04 Å². The Hall–Kier alpha value is -2.60. The zero-order chi connectivity index (χ0) is 21.0. The van der Waals surface area contributed by atoms with E-state index in [-0.39, 0.29) is 23.3 Å². The predicted octanol–water partition coefficient (Wildman–Crippen LogP) is 4.40. The smallest absolute Gasteiger partial charge is 0.266 e. The van der Waals surface area contributed by atoms with Gasteiger partial charge in [-0.1, -0.05) is 43.3 Å². The van der Waals surface area contributed by atoms with Crippen molar-refractivity contribution in [1.29, 1.82) is 0 Å². The number of hydrogen-bond acceptors (Lipinski definition) is 4. The summed E-state index contributed by atoms with van der Waals surface area (Å²) < 4.78 is 1.62. The average molecular weight is 410 g/mol. The van der Waals surface area contributed by atoms with Crippen LogP contribution in [0.25, 0.3) is 16.6 Å². The zero-order valence-corrected chi connectivity index (χ0v) is 18.2. The highest BCUT2D eigenvalue weighted by molar-refractivity contribution is 7.99. The molecule has 29 heavy (non-hydrogen) atoms. The highest BCUT2D eigenvalue weighted by Crippen LogP contribution is 2.22. The molecule has 1 atom stereocenters. The Morgan fingerprint density at radius 1 is 1.17 bits per heavy atom. The lowest BCUT2D eigenvalue weighted by Crippen LogP contribution is -2.34. The van der Waals surface area contributed by atoms with Gasteiger partial charge >= 0.3 is 0 Å². The first-order chi connectivity index (χ1) is 13.9. The van der Waals surface area contributed by atoms with E-state index in [1.54, 1.807) is 10.6 Å². The Bertz CT molecular complexity index is 1070. The third-order valence-corrected chi connectivity index (χ3v) is 5.61. The summed E-state index contributed by atoms with van der Waals surface area (Å²) in [6.07, 6.45) is 1.96. The lowest BCUT2D eigenvalue weighted by Gasteiger charge is -2.15. The van der Waals surface area contributed by atoms with Gasteiger partial charge in [0.05, 0.1) is 22.3 Å². The molecule has 0 bridgehead atoms. The van der Waals surface area contributed by atoms with Crippen molar-refractivity contribution in [3.8, 4) is 5.69 Å². The van der Waals surface area contributed by atoms with Crippen molar-refractivity contribution in [3.05, 3.63) is 63.9 Å². The summed E-state index contributed by atoms with van der Waals surface area (Å²) in [5.41, 5.74) is 3.43. The SMILES string of the molecule is CCCC(C)NC(=O)CSc1nc2ccccc2c(=O)n1-c1cc(C)cc(C)c1. The quantitative estimate of drug-likeness (QED) is 0.464. The van der Waals surface area contributed by atoms with Gasteiger partial charge in [0.2, 0.25) is 5.91 Å². The molecular weight excluding hydrogens is 382 g/mol. The largest absolute Gasteiger partial charge is 0.353 e. The summed E-state index contributed by atoms with van der Waals surface area (Å²) in [5, 5.41) is 4.10. The normalized spacial score (nSPS) is 12.1. The second-order valence-electron chi connectivity index (χ2n) is 7.44. The summed E-state index contributed by atoms with van der Waals surface area (Å²) in [4.78, 5) is 30.4. The number of nitrogens with one attached hydrogen (secondary N) is 1. The predicted molar refractivity (Wildman–Crippen MR) is 120 cm³/mol. The van der Waals surface area contributed by atoms with Crippen LogP contribution in [0.1, 0.15) is 37.8 Å². The fourth-order valence-electron chi connectivity index (χ4n) is 3.47. The van der Waals surface area contributed by atoms with E-state index in [0.717, 1.165) is 29.7 Å². The number of aromatic nitrogens is 2. The Balaban J connectivity index is 2.01. The number of benzene rings is 2. The molecule has 1 heterocycles. The molecule has 1 N–H and O–H groups in total. The van der Waals surface area contributed by atoms with Crippen molar-refractivity contribution in [2.45, 2.75) is 51.7 Å². The Morgan fingerprint density at radius 3 is 2.55 bits per heavy atom. The van der Waals surface area contributed by atoms with Crippen LogP contribution in [0, 0.1) is 13.8 Å². The summed E-state index contributed by atoms with van der Waals surface area (Å²) in [6, 6.07) is 13.5. The highest BCUT2D eigenvalue weighted by Gasteiger charge is 2.16. The fourth-order valence-corrected chi connectivity index (χ4v) is 4.29.